The normalized spacial score (nSPS) is 17.6. The number of aliphatic carboxylic acids is 1. The molecule has 5 rings (SSSR count). The van der Waals surface area contributed by atoms with Crippen molar-refractivity contribution in [1.29, 1.82) is 5.26 Å². The van der Waals surface area contributed by atoms with Gasteiger partial charge in [-0.1, -0.05) is 18.2 Å². The van der Waals surface area contributed by atoms with Crippen LogP contribution in [0.4, 0.5) is 17.1 Å². The van der Waals surface area contributed by atoms with Crippen molar-refractivity contribution in [3.05, 3.63) is 77.4 Å². The number of rotatable bonds is 7. The first-order valence-corrected chi connectivity index (χ1v) is 11.4. The predicted octanol–water partition coefficient (Wildman–Crippen LogP) is 5.21. The van der Waals surface area contributed by atoms with Crippen LogP contribution in [-0.2, 0) is 4.79 Å². The molecular weight excluding hydrogens is 430 g/mol. The largest absolute Gasteiger partial charge is 0.493 e. The van der Waals surface area contributed by atoms with Crippen LogP contribution in [0.1, 0.15) is 42.0 Å². The Morgan fingerprint density at radius 1 is 1.12 bits per heavy atom. The summed E-state index contributed by atoms with van der Waals surface area (Å²) in [6.45, 7) is 3.73. The van der Waals surface area contributed by atoms with Gasteiger partial charge in [0.05, 0.1) is 36.4 Å². The van der Waals surface area contributed by atoms with E-state index in [1.807, 2.05) is 48.5 Å². The Bertz CT molecular complexity index is 1270. The molecule has 0 aliphatic carbocycles. The first-order chi connectivity index (χ1) is 16.6. The smallest absolute Gasteiger partial charge is 0.304 e. The minimum absolute atomic E-state index is 0.0242. The van der Waals surface area contributed by atoms with Crippen LogP contribution < -0.4 is 19.7 Å². The molecule has 7 heteroatoms. The molecule has 0 bridgehead atoms. The van der Waals surface area contributed by atoms with Crippen LogP contribution in [0.15, 0.2) is 60.7 Å². The Morgan fingerprint density at radius 2 is 1.94 bits per heavy atom. The van der Waals surface area contributed by atoms with Crippen LogP contribution >= 0.6 is 0 Å². The Labute approximate surface area is 198 Å². The topological polar surface area (TPSA) is 94.8 Å². The van der Waals surface area contributed by atoms with Crippen molar-refractivity contribution in [3.8, 4) is 17.6 Å². The number of carboxylic acid groups (broad SMARTS) is 1. The standard InChI is InChI=1S/C27H25N3O4/c1-2-30(20-9-6-17(14-28)7-10-20)24-5-3-4-22-23(16-34-27(22)24)29-19-8-11-21-18(12-26(31)32)15-33-25(21)13-19/h3-11,13,18,23,29H,2,12,15-16H2,1H3,(H,31,32)/t18-,23-/m1/s1. The lowest BCUT2D eigenvalue weighted by Gasteiger charge is -2.25. The maximum Gasteiger partial charge on any atom is 0.304 e. The van der Waals surface area contributed by atoms with E-state index in [4.69, 9.17) is 19.8 Å². The molecule has 0 unspecified atom stereocenters. The molecule has 0 spiro atoms. The Kier molecular flexibility index (Phi) is 5.72. The molecule has 0 amide bonds. The molecule has 0 fully saturated rings. The maximum atomic E-state index is 11.1. The molecule has 172 valence electrons. The van der Waals surface area contributed by atoms with Crippen LogP contribution in [0.2, 0.25) is 0 Å². The zero-order chi connectivity index (χ0) is 23.7. The van der Waals surface area contributed by atoms with Crippen molar-refractivity contribution in [1.82, 2.24) is 0 Å². The van der Waals surface area contributed by atoms with Crippen LogP contribution in [0.25, 0.3) is 0 Å². The molecule has 0 saturated heterocycles. The highest BCUT2D eigenvalue weighted by Crippen LogP contribution is 2.44. The Morgan fingerprint density at radius 3 is 2.68 bits per heavy atom. The van der Waals surface area contributed by atoms with E-state index >= 15 is 0 Å². The lowest BCUT2D eigenvalue weighted by Crippen LogP contribution is -2.16. The Balaban J connectivity index is 1.38. The van der Waals surface area contributed by atoms with Gasteiger partial charge in [0.2, 0.25) is 0 Å². The summed E-state index contributed by atoms with van der Waals surface area (Å²) in [6, 6.07) is 21.7. The summed E-state index contributed by atoms with van der Waals surface area (Å²) in [6.07, 6.45) is 0.0690. The maximum absolute atomic E-state index is 11.1. The van der Waals surface area contributed by atoms with Crippen LogP contribution in [0.3, 0.4) is 0 Å². The zero-order valence-electron chi connectivity index (χ0n) is 18.8. The fourth-order valence-corrected chi connectivity index (χ4v) is 4.72. The van der Waals surface area contributed by atoms with Gasteiger partial charge in [0.15, 0.2) is 0 Å². The second-order valence-corrected chi connectivity index (χ2v) is 8.46. The molecule has 2 heterocycles. The number of fused-ring (bicyclic) bond motifs is 2. The quantitative estimate of drug-likeness (QED) is 0.505. The molecule has 7 nitrogen and oxygen atoms in total. The third kappa shape index (κ3) is 3.99. The highest BCUT2D eigenvalue weighted by molar-refractivity contribution is 5.73. The summed E-state index contributed by atoms with van der Waals surface area (Å²) in [4.78, 5) is 13.3. The number of benzene rings is 3. The summed E-state index contributed by atoms with van der Waals surface area (Å²) in [7, 11) is 0. The van der Waals surface area contributed by atoms with Gasteiger partial charge in [0.25, 0.3) is 0 Å². The molecule has 2 aliphatic heterocycles. The van der Waals surface area contributed by atoms with Gasteiger partial charge in [0, 0.05) is 41.0 Å². The predicted molar refractivity (Wildman–Crippen MR) is 129 cm³/mol. The monoisotopic (exact) mass is 455 g/mol. The van der Waals surface area contributed by atoms with Crippen molar-refractivity contribution < 1.29 is 19.4 Å². The fourth-order valence-electron chi connectivity index (χ4n) is 4.72. The lowest BCUT2D eigenvalue weighted by atomic mass is 9.97. The SMILES string of the molecule is CCN(c1ccc(C#N)cc1)c1cccc2c1OC[C@H]2Nc1ccc2c(c1)OC[C@H]2CC(=O)O. The van der Waals surface area contributed by atoms with Gasteiger partial charge in [-0.2, -0.15) is 5.26 Å². The van der Waals surface area contributed by atoms with Crippen molar-refractivity contribution in [3.63, 3.8) is 0 Å². The number of carbonyl (C=O) groups is 1. The zero-order valence-corrected chi connectivity index (χ0v) is 18.8. The fraction of sp³-hybridized carbons (Fsp3) is 0.259. The number of para-hydroxylation sites is 1. The van der Waals surface area contributed by atoms with Gasteiger partial charge in [-0.15, -0.1) is 0 Å². The van der Waals surface area contributed by atoms with E-state index in [2.05, 4.69) is 35.3 Å². The minimum Gasteiger partial charge on any atom is -0.493 e. The first-order valence-electron chi connectivity index (χ1n) is 11.4. The molecule has 0 aromatic heterocycles. The average molecular weight is 456 g/mol. The summed E-state index contributed by atoms with van der Waals surface area (Å²) in [5.41, 5.74) is 5.55. The van der Waals surface area contributed by atoms with Gasteiger partial charge >= 0.3 is 5.97 Å². The number of hydrogen-bond acceptors (Lipinski definition) is 6. The summed E-state index contributed by atoms with van der Waals surface area (Å²) < 4.78 is 11.9. The van der Waals surface area contributed by atoms with Crippen molar-refractivity contribution in [2.75, 3.05) is 30.0 Å². The molecule has 0 saturated carbocycles. The number of nitriles is 1. The average Bonchev–Trinajstić information content (AvgIpc) is 3.44. The number of nitrogens with zero attached hydrogens (tertiary/aromatic N) is 2. The molecule has 2 atom stereocenters. The van der Waals surface area contributed by atoms with Crippen molar-refractivity contribution in [2.24, 2.45) is 0 Å². The van der Waals surface area contributed by atoms with E-state index in [1.54, 1.807) is 0 Å². The Hall–Kier alpha value is -4.18. The van der Waals surface area contributed by atoms with Crippen molar-refractivity contribution >= 4 is 23.0 Å². The van der Waals surface area contributed by atoms with Gasteiger partial charge in [-0.3, -0.25) is 4.79 Å². The van der Waals surface area contributed by atoms with E-state index in [-0.39, 0.29) is 18.4 Å². The van der Waals surface area contributed by atoms with E-state index in [0.717, 1.165) is 46.2 Å². The number of carboxylic acids is 1. The molecule has 0 radical (unpaired) electrons. The highest BCUT2D eigenvalue weighted by atomic mass is 16.5. The number of hydrogen-bond donors (Lipinski definition) is 2. The third-order valence-corrected chi connectivity index (χ3v) is 6.36. The van der Waals surface area contributed by atoms with E-state index in [0.29, 0.717) is 18.8 Å². The number of nitrogens with one attached hydrogen (secondary N) is 1. The van der Waals surface area contributed by atoms with E-state index < -0.39 is 5.97 Å². The number of anilines is 3. The molecule has 3 aromatic carbocycles. The highest BCUT2D eigenvalue weighted by Gasteiger charge is 2.30. The van der Waals surface area contributed by atoms with E-state index in [1.165, 1.54) is 0 Å². The molecule has 34 heavy (non-hydrogen) atoms. The minimum atomic E-state index is -0.818. The van der Waals surface area contributed by atoms with Gasteiger partial charge in [-0.25, -0.2) is 0 Å². The van der Waals surface area contributed by atoms with Crippen LogP contribution in [0.5, 0.6) is 11.5 Å². The molecular formula is C27H25N3O4. The second kappa shape index (κ2) is 8.99. The van der Waals surface area contributed by atoms with Crippen molar-refractivity contribution in [2.45, 2.75) is 25.3 Å². The number of ether oxygens (including phenoxy) is 2. The summed E-state index contributed by atoms with van der Waals surface area (Å²) >= 11 is 0. The lowest BCUT2D eigenvalue weighted by molar-refractivity contribution is -0.137. The molecule has 3 aromatic rings. The third-order valence-electron chi connectivity index (χ3n) is 6.36. The van der Waals surface area contributed by atoms with Gasteiger partial charge in [-0.05, 0) is 43.3 Å². The van der Waals surface area contributed by atoms with Crippen LogP contribution in [0, 0.1) is 11.3 Å². The summed E-state index contributed by atoms with van der Waals surface area (Å²) in [5.74, 6) is 0.662. The second-order valence-electron chi connectivity index (χ2n) is 8.46. The van der Waals surface area contributed by atoms with Gasteiger partial charge in [0.1, 0.15) is 18.1 Å². The molecule has 2 N–H and O–H groups in total. The first kappa shape index (κ1) is 21.7. The van der Waals surface area contributed by atoms with E-state index in [9.17, 15) is 4.79 Å². The van der Waals surface area contributed by atoms with Gasteiger partial charge < -0.3 is 24.8 Å². The molecule has 2 aliphatic rings. The summed E-state index contributed by atoms with van der Waals surface area (Å²) in [5, 5.41) is 21.8. The van der Waals surface area contributed by atoms with Crippen LogP contribution in [-0.4, -0.2) is 30.8 Å².